The Balaban J connectivity index is 1.79. The van der Waals surface area contributed by atoms with Crippen molar-refractivity contribution < 1.29 is 27.4 Å². The van der Waals surface area contributed by atoms with E-state index in [9.17, 15) is 18.0 Å². The fourth-order valence-electron chi connectivity index (χ4n) is 3.69. The van der Waals surface area contributed by atoms with E-state index in [1.807, 2.05) is 0 Å². The summed E-state index contributed by atoms with van der Waals surface area (Å²) in [6.07, 6.45) is -5.07. The zero-order chi connectivity index (χ0) is 20.1. The zero-order valence-corrected chi connectivity index (χ0v) is 15.7. The van der Waals surface area contributed by atoms with Gasteiger partial charge in [-0.25, -0.2) is 4.79 Å². The number of halogens is 4. The SMILES string of the molecule is COc1ccc(CN2C(=O)O[C@](C3CC3)(C(F)(F)F)c3cc(Cl)ccc32)cc1. The molecule has 0 aromatic heterocycles. The highest BCUT2D eigenvalue weighted by atomic mass is 35.5. The summed E-state index contributed by atoms with van der Waals surface area (Å²) in [7, 11) is 1.53. The van der Waals surface area contributed by atoms with Crippen LogP contribution in [0.4, 0.5) is 23.7 Å². The van der Waals surface area contributed by atoms with E-state index in [0.717, 1.165) is 5.56 Å². The quantitative estimate of drug-likeness (QED) is 0.650. The first-order chi connectivity index (χ1) is 13.3. The van der Waals surface area contributed by atoms with Crippen LogP contribution in [0.15, 0.2) is 42.5 Å². The molecule has 4 rings (SSSR count). The van der Waals surface area contributed by atoms with Gasteiger partial charge in [0.25, 0.3) is 0 Å². The second-order valence-electron chi connectivity index (χ2n) is 6.97. The number of alkyl halides is 3. The number of ether oxygens (including phenoxy) is 2. The molecule has 2 aliphatic rings. The predicted molar refractivity (Wildman–Crippen MR) is 97.6 cm³/mol. The minimum Gasteiger partial charge on any atom is -0.497 e. The van der Waals surface area contributed by atoms with Gasteiger partial charge in [0.15, 0.2) is 0 Å². The van der Waals surface area contributed by atoms with Crippen molar-refractivity contribution >= 4 is 23.4 Å². The third-order valence-electron chi connectivity index (χ3n) is 5.19. The molecule has 4 nitrogen and oxygen atoms in total. The normalized spacial score (nSPS) is 21.9. The van der Waals surface area contributed by atoms with Gasteiger partial charge in [0, 0.05) is 16.5 Å². The highest BCUT2D eigenvalue weighted by Gasteiger charge is 2.69. The molecule has 0 bridgehead atoms. The summed E-state index contributed by atoms with van der Waals surface area (Å²) in [6.45, 7) is 0.0655. The Labute approximate surface area is 164 Å². The molecule has 1 fully saturated rings. The third-order valence-corrected chi connectivity index (χ3v) is 5.43. The Kier molecular flexibility index (Phi) is 4.45. The van der Waals surface area contributed by atoms with E-state index in [-0.39, 0.29) is 22.8 Å². The Morgan fingerprint density at radius 2 is 1.89 bits per heavy atom. The lowest BCUT2D eigenvalue weighted by Crippen LogP contribution is -2.54. The number of benzene rings is 2. The van der Waals surface area contributed by atoms with Gasteiger partial charge in [0.2, 0.25) is 5.60 Å². The number of nitrogens with zero attached hydrogens (tertiary/aromatic N) is 1. The van der Waals surface area contributed by atoms with E-state index in [0.29, 0.717) is 18.6 Å². The molecule has 148 valence electrons. The van der Waals surface area contributed by atoms with E-state index >= 15 is 0 Å². The maximum absolute atomic E-state index is 14.2. The molecule has 8 heteroatoms. The van der Waals surface area contributed by atoms with Gasteiger partial charge in [0.1, 0.15) is 5.75 Å². The van der Waals surface area contributed by atoms with Gasteiger partial charge in [-0.1, -0.05) is 23.7 Å². The molecule has 0 saturated heterocycles. The van der Waals surface area contributed by atoms with Crippen molar-refractivity contribution in [1.29, 1.82) is 0 Å². The fraction of sp³-hybridized carbons (Fsp3) is 0.350. The molecule has 0 spiro atoms. The standard InChI is InChI=1S/C20H17ClF3NO3/c1-27-15-7-2-12(3-8-15)11-25-17-9-6-14(21)10-16(17)19(13-4-5-13,20(22,23)24)28-18(25)26/h2-3,6-10,13H,4-5,11H2,1H3/t19-/m0/s1. The molecule has 1 amide bonds. The van der Waals surface area contributed by atoms with E-state index in [1.54, 1.807) is 24.3 Å². The molecule has 2 aromatic rings. The van der Waals surface area contributed by atoms with Crippen molar-refractivity contribution in [3.05, 3.63) is 58.6 Å². The number of fused-ring (bicyclic) bond motifs is 1. The van der Waals surface area contributed by atoms with Crippen LogP contribution in [0.25, 0.3) is 0 Å². The average molecular weight is 412 g/mol. The van der Waals surface area contributed by atoms with E-state index in [1.165, 1.54) is 30.2 Å². The molecule has 0 unspecified atom stereocenters. The van der Waals surface area contributed by atoms with Crippen LogP contribution in [0.1, 0.15) is 24.0 Å². The first-order valence-corrected chi connectivity index (χ1v) is 9.14. The Morgan fingerprint density at radius 1 is 1.21 bits per heavy atom. The monoisotopic (exact) mass is 411 g/mol. The number of hydrogen-bond acceptors (Lipinski definition) is 3. The van der Waals surface area contributed by atoms with Crippen molar-refractivity contribution in [1.82, 2.24) is 0 Å². The number of cyclic esters (lactones) is 1. The van der Waals surface area contributed by atoms with Gasteiger partial charge in [-0.2, -0.15) is 13.2 Å². The first-order valence-electron chi connectivity index (χ1n) is 8.76. The first kappa shape index (κ1) is 18.9. The number of methoxy groups -OCH3 is 1. The summed E-state index contributed by atoms with van der Waals surface area (Å²) < 4.78 is 52.7. The number of carbonyl (C=O) groups is 1. The van der Waals surface area contributed by atoms with Crippen molar-refractivity contribution in [3.63, 3.8) is 0 Å². The van der Waals surface area contributed by atoms with Crippen LogP contribution in [-0.2, 0) is 16.9 Å². The van der Waals surface area contributed by atoms with Gasteiger partial charge in [-0.05, 0) is 48.7 Å². The van der Waals surface area contributed by atoms with Crippen molar-refractivity contribution in [2.45, 2.75) is 31.2 Å². The number of rotatable bonds is 4. The number of carbonyl (C=O) groups excluding carboxylic acids is 1. The second kappa shape index (κ2) is 6.58. The summed E-state index contributed by atoms with van der Waals surface area (Å²) in [5, 5.41) is 0.162. The van der Waals surface area contributed by atoms with E-state index in [4.69, 9.17) is 21.1 Å². The summed E-state index contributed by atoms with van der Waals surface area (Å²) in [5.41, 5.74) is -1.87. The van der Waals surface area contributed by atoms with Crippen LogP contribution in [0.3, 0.4) is 0 Å². The molecule has 1 heterocycles. The molecule has 1 aliphatic carbocycles. The van der Waals surface area contributed by atoms with Crippen LogP contribution >= 0.6 is 11.6 Å². The summed E-state index contributed by atoms with van der Waals surface area (Å²) in [5.74, 6) is -0.154. The molecule has 0 radical (unpaired) electrons. The van der Waals surface area contributed by atoms with Gasteiger partial charge in [-0.3, -0.25) is 4.90 Å². The minimum atomic E-state index is -4.74. The molecule has 0 N–H and O–H groups in total. The number of amides is 1. The minimum absolute atomic E-state index is 0.0655. The van der Waals surface area contributed by atoms with Crippen LogP contribution in [0.5, 0.6) is 5.75 Å². The lowest BCUT2D eigenvalue weighted by Gasteiger charge is -2.43. The molecule has 1 saturated carbocycles. The zero-order valence-electron chi connectivity index (χ0n) is 14.9. The van der Waals surface area contributed by atoms with Crippen LogP contribution in [0, 0.1) is 5.92 Å². The molecule has 1 aliphatic heterocycles. The van der Waals surface area contributed by atoms with Gasteiger partial charge >= 0.3 is 12.3 Å². The Morgan fingerprint density at radius 3 is 2.46 bits per heavy atom. The van der Waals surface area contributed by atoms with Crippen LogP contribution in [-0.4, -0.2) is 19.4 Å². The maximum atomic E-state index is 14.2. The summed E-state index contributed by atoms with van der Waals surface area (Å²) in [6, 6.07) is 11.1. The van der Waals surface area contributed by atoms with Gasteiger partial charge in [-0.15, -0.1) is 0 Å². The smallest absolute Gasteiger partial charge is 0.433 e. The molecule has 28 heavy (non-hydrogen) atoms. The van der Waals surface area contributed by atoms with Gasteiger partial charge < -0.3 is 9.47 Å². The third kappa shape index (κ3) is 2.98. The Hall–Kier alpha value is -2.41. The average Bonchev–Trinajstić information content (AvgIpc) is 3.48. The topological polar surface area (TPSA) is 38.8 Å². The molecule has 2 aromatic carbocycles. The highest BCUT2D eigenvalue weighted by Crippen LogP contribution is 2.60. The van der Waals surface area contributed by atoms with Gasteiger partial charge in [0.05, 0.1) is 19.3 Å². The molecule has 1 atom stereocenters. The summed E-state index contributed by atoms with van der Waals surface area (Å²) >= 11 is 6.02. The van der Waals surface area contributed by atoms with Crippen molar-refractivity contribution in [2.24, 2.45) is 5.92 Å². The fourth-order valence-corrected chi connectivity index (χ4v) is 3.86. The number of anilines is 1. The second-order valence-corrected chi connectivity index (χ2v) is 7.41. The van der Waals surface area contributed by atoms with Crippen LogP contribution < -0.4 is 9.64 Å². The maximum Gasteiger partial charge on any atom is 0.433 e. The lowest BCUT2D eigenvalue weighted by atomic mass is 9.85. The summed E-state index contributed by atoms with van der Waals surface area (Å²) in [4.78, 5) is 13.9. The van der Waals surface area contributed by atoms with E-state index in [2.05, 4.69) is 0 Å². The predicted octanol–water partition coefficient (Wildman–Crippen LogP) is 5.67. The largest absolute Gasteiger partial charge is 0.497 e. The van der Waals surface area contributed by atoms with Crippen LogP contribution in [0.2, 0.25) is 5.02 Å². The van der Waals surface area contributed by atoms with E-state index < -0.39 is 23.8 Å². The van der Waals surface area contributed by atoms with Crippen molar-refractivity contribution in [2.75, 3.05) is 12.0 Å². The molecular weight excluding hydrogens is 395 g/mol. The molecular formula is C20H17ClF3NO3. The highest BCUT2D eigenvalue weighted by molar-refractivity contribution is 6.30. The lowest BCUT2D eigenvalue weighted by molar-refractivity contribution is -0.274. The number of hydrogen-bond donors (Lipinski definition) is 0. The Bertz CT molecular complexity index is 912. The van der Waals surface area contributed by atoms with Crippen molar-refractivity contribution in [3.8, 4) is 5.75 Å².